The molecule has 0 bridgehead atoms. The number of ether oxygens (including phenoxy) is 3. The fourth-order valence-electron chi connectivity index (χ4n) is 4.26. The summed E-state index contributed by atoms with van der Waals surface area (Å²) >= 11 is 1.29. The summed E-state index contributed by atoms with van der Waals surface area (Å²) in [5.41, 5.74) is 5.24. The molecular weight excluding hydrogens is 504 g/mol. The van der Waals surface area contributed by atoms with E-state index in [9.17, 15) is 14.4 Å². The van der Waals surface area contributed by atoms with Crippen molar-refractivity contribution in [1.82, 2.24) is 10.6 Å². The molecule has 38 heavy (non-hydrogen) atoms. The van der Waals surface area contributed by atoms with Gasteiger partial charge >= 0.3 is 12.1 Å². The molecular formula is C29H30N2O6S. The van der Waals surface area contributed by atoms with Crippen LogP contribution in [-0.2, 0) is 25.7 Å². The Hall–Kier alpha value is -3.98. The summed E-state index contributed by atoms with van der Waals surface area (Å²) in [6.07, 6.45) is -0.710. The Kier molecular flexibility index (Phi) is 9.26. The van der Waals surface area contributed by atoms with Gasteiger partial charge in [-0.15, -0.1) is 11.8 Å². The number of rotatable bonds is 11. The van der Waals surface area contributed by atoms with Crippen molar-refractivity contribution in [2.45, 2.75) is 25.5 Å². The van der Waals surface area contributed by atoms with E-state index in [-0.39, 0.29) is 30.8 Å². The number of nitrogens with one attached hydrogen (secondary N) is 2. The van der Waals surface area contributed by atoms with Crippen molar-refractivity contribution in [2.75, 3.05) is 25.3 Å². The van der Waals surface area contributed by atoms with E-state index in [2.05, 4.69) is 22.8 Å². The Morgan fingerprint density at radius 3 is 2.13 bits per heavy atom. The molecule has 1 aliphatic carbocycles. The molecule has 0 radical (unpaired) electrons. The van der Waals surface area contributed by atoms with E-state index in [1.165, 1.54) is 18.7 Å². The predicted molar refractivity (Wildman–Crippen MR) is 146 cm³/mol. The number of amides is 2. The third kappa shape index (κ3) is 6.86. The average Bonchev–Trinajstić information content (AvgIpc) is 3.26. The smallest absolute Gasteiger partial charge is 0.407 e. The number of methoxy groups -OCH3 is 1. The van der Waals surface area contributed by atoms with Crippen LogP contribution < -0.4 is 15.4 Å². The third-order valence-electron chi connectivity index (χ3n) is 6.17. The van der Waals surface area contributed by atoms with Crippen molar-refractivity contribution < 1.29 is 28.6 Å². The Morgan fingerprint density at radius 1 is 0.895 bits per heavy atom. The van der Waals surface area contributed by atoms with Crippen LogP contribution in [0.4, 0.5) is 4.79 Å². The van der Waals surface area contributed by atoms with Gasteiger partial charge in [0.05, 0.1) is 13.0 Å². The molecule has 0 saturated carbocycles. The van der Waals surface area contributed by atoms with Gasteiger partial charge in [0.15, 0.2) is 0 Å². The maximum absolute atomic E-state index is 12.9. The van der Waals surface area contributed by atoms with Gasteiger partial charge in [0, 0.05) is 18.6 Å². The highest BCUT2D eigenvalue weighted by atomic mass is 32.2. The van der Waals surface area contributed by atoms with E-state index < -0.39 is 18.1 Å². The first kappa shape index (κ1) is 27.1. The van der Waals surface area contributed by atoms with Crippen LogP contribution in [0.15, 0.2) is 72.8 Å². The molecule has 1 atom stereocenters. The lowest BCUT2D eigenvalue weighted by Crippen LogP contribution is -2.44. The van der Waals surface area contributed by atoms with Crippen molar-refractivity contribution in [3.63, 3.8) is 0 Å². The monoisotopic (exact) mass is 534 g/mol. The average molecular weight is 535 g/mol. The van der Waals surface area contributed by atoms with Gasteiger partial charge in [-0.3, -0.25) is 4.79 Å². The molecule has 3 aromatic carbocycles. The molecule has 0 aromatic heterocycles. The number of hydrogen-bond donors (Lipinski definition) is 2. The van der Waals surface area contributed by atoms with E-state index in [1.807, 2.05) is 36.4 Å². The van der Waals surface area contributed by atoms with Crippen molar-refractivity contribution in [3.8, 4) is 16.9 Å². The van der Waals surface area contributed by atoms with E-state index in [0.717, 1.165) is 27.8 Å². The molecule has 0 unspecified atom stereocenters. The second-order valence-electron chi connectivity index (χ2n) is 8.73. The number of carbonyl (C=O) groups excluding carboxylic acids is 3. The molecule has 0 heterocycles. The van der Waals surface area contributed by atoms with E-state index >= 15 is 0 Å². The third-order valence-corrected chi connectivity index (χ3v) is 7.09. The van der Waals surface area contributed by atoms with Crippen molar-refractivity contribution in [3.05, 3.63) is 89.5 Å². The molecule has 9 heteroatoms. The lowest BCUT2D eigenvalue weighted by atomic mass is 9.98. The van der Waals surface area contributed by atoms with Crippen LogP contribution >= 0.6 is 11.8 Å². The van der Waals surface area contributed by atoms with Gasteiger partial charge in [0.25, 0.3) is 0 Å². The van der Waals surface area contributed by atoms with Crippen molar-refractivity contribution in [2.24, 2.45) is 0 Å². The SMILES string of the molecule is COc1ccc(COC(=O)[C@@H](CSCNC(C)=O)NC(=O)OCC2c3ccccc3-c3ccccc32)cc1. The largest absolute Gasteiger partial charge is 0.497 e. The summed E-state index contributed by atoms with van der Waals surface area (Å²) in [6, 6.07) is 22.3. The number of benzene rings is 3. The number of fused-ring (bicyclic) bond motifs is 3. The van der Waals surface area contributed by atoms with Crippen LogP contribution in [0.25, 0.3) is 11.1 Å². The van der Waals surface area contributed by atoms with Crippen LogP contribution in [0.5, 0.6) is 5.75 Å². The summed E-state index contributed by atoms with van der Waals surface area (Å²) < 4.78 is 16.2. The molecule has 0 spiro atoms. The summed E-state index contributed by atoms with van der Waals surface area (Å²) in [5, 5.41) is 5.30. The van der Waals surface area contributed by atoms with Crippen LogP contribution in [0.2, 0.25) is 0 Å². The second-order valence-corrected chi connectivity index (χ2v) is 9.76. The Balaban J connectivity index is 1.37. The first-order valence-electron chi connectivity index (χ1n) is 12.2. The second kappa shape index (κ2) is 13.0. The standard InChI is InChI=1S/C29H30N2O6S/c1-19(32)30-18-38-17-27(28(33)36-15-20-11-13-21(35-2)14-12-20)31-29(34)37-16-26-24-9-5-3-7-22(24)23-8-4-6-10-25(23)26/h3-14,26-27H,15-18H2,1-2H3,(H,30,32)(H,31,34)/t27-/m1/s1. The molecule has 198 valence electrons. The first-order valence-corrected chi connectivity index (χ1v) is 13.3. The fourth-order valence-corrected chi connectivity index (χ4v) is 5.14. The highest BCUT2D eigenvalue weighted by Crippen LogP contribution is 2.44. The summed E-state index contributed by atoms with van der Waals surface area (Å²) in [5.74, 6) is 0.327. The van der Waals surface area contributed by atoms with Crippen molar-refractivity contribution in [1.29, 1.82) is 0 Å². The van der Waals surface area contributed by atoms with Crippen molar-refractivity contribution >= 4 is 29.7 Å². The Bertz CT molecular complexity index is 1230. The van der Waals surface area contributed by atoms with Gasteiger partial charge < -0.3 is 24.8 Å². The van der Waals surface area contributed by atoms with Gasteiger partial charge in [-0.05, 0) is 39.9 Å². The summed E-state index contributed by atoms with van der Waals surface area (Å²) in [7, 11) is 1.58. The van der Waals surface area contributed by atoms with Crippen LogP contribution in [0.3, 0.4) is 0 Å². The molecule has 3 aromatic rings. The van der Waals surface area contributed by atoms with Gasteiger partial charge in [0.2, 0.25) is 5.91 Å². The number of hydrogen-bond acceptors (Lipinski definition) is 7. The molecule has 0 aliphatic heterocycles. The molecule has 0 saturated heterocycles. The van der Waals surface area contributed by atoms with Gasteiger partial charge in [-0.25, -0.2) is 9.59 Å². The number of esters is 1. The highest BCUT2D eigenvalue weighted by molar-refractivity contribution is 7.99. The minimum atomic E-state index is -0.956. The minimum Gasteiger partial charge on any atom is -0.497 e. The molecule has 0 fully saturated rings. The zero-order chi connectivity index (χ0) is 26.9. The lowest BCUT2D eigenvalue weighted by Gasteiger charge is -2.19. The molecule has 4 rings (SSSR count). The maximum atomic E-state index is 12.9. The number of carbonyl (C=O) groups is 3. The van der Waals surface area contributed by atoms with Crippen LogP contribution in [0, 0.1) is 0 Å². The quantitative estimate of drug-likeness (QED) is 0.213. The summed E-state index contributed by atoms with van der Waals surface area (Å²) in [6.45, 7) is 1.59. The summed E-state index contributed by atoms with van der Waals surface area (Å²) in [4.78, 5) is 36.8. The predicted octanol–water partition coefficient (Wildman–Crippen LogP) is 4.47. The fraction of sp³-hybridized carbons (Fsp3) is 0.276. The number of thioether (sulfide) groups is 1. The molecule has 2 N–H and O–H groups in total. The number of alkyl carbamates (subject to hydrolysis) is 1. The zero-order valence-electron chi connectivity index (χ0n) is 21.3. The van der Waals surface area contributed by atoms with Gasteiger partial charge in [-0.2, -0.15) is 0 Å². The normalized spacial score (nSPS) is 12.6. The molecule has 2 amide bonds. The van der Waals surface area contributed by atoms with E-state index in [4.69, 9.17) is 14.2 Å². The van der Waals surface area contributed by atoms with E-state index in [1.54, 1.807) is 31.4 Å². The molecule has 1 aliphatic rings. The minimum absolute atomic E-state index is 0.0437. The lowest BCUT2D eigenvalue weighted by molar-refractivity contribution is -0.146. The maximum Gasteiger partial charge on any atom is 0.407 e. The van der Waals surface area contributed by atoms with E-state index in [0.29, 0.717) is 11.6 Å². The first-order chi connectivity index (χ1) is 18.5. The Morgan fingerprint density at radius 2 is 1.53 bits per heavy atom. The highest BCUT2D eigenvalue weighted by Gasteiger charge is 2.30. The Labute approximate surface area is 226 Å². The van der Waals surface area contributed by atoms with Crippen LogP contribution in [0.1, 0.15) is 29.5 Å². The van der Waals surface area contributed by atoms with Gasteiger partial charge in [0.1, 0.15) is 25.0 Å². The van der Waals surface area contributed by atoms with Crippen LogP contribution in [-0.4, -0.2) is 49.4 Å². The van der Waals surface area contributed by atoms with Gasteiger partial charge in [-0.1, -0.05) is 60.7 Å². The topological polar surface area (TPSA) is 103 Å². The molecule has 8 nitrogen and oxygen atoms in total. The zero-order valence-corrected chi connectivity index (χ0v) is 22.1.